The third kappa shape index (κ3) is 5.81. The van der Waals surface area contributed by atoms with Crippen LogP contribution < -0.4 is 10.6 Å². The van der Waals surface area contributed by atoms with Crippen LogP contribution in [-0.4, -0.2) is 46.1 Å². The highest BCUT2D eigenvalue weighted by molar-refractivity contribution is 7.98. The van der Waals surface area contributed by atoms with Crippen molar-refractivity contribution in [3.63, 3.8) is 0 Å². The number of hydrogen-bond acceptors (Lipinski definition) is 5. The van der Waals surface area contributed by atoms with Crippen molar-refractivity contribution in [1.29, 1.82) is 0 Å². The van der Waals surface area contributed by atoms with Gasteiger partial charge < -0.3 is 10.6 Å². The van der Waals surface area contributed by atoms with Crippen LogP contribution in [-0.2, 0) is 4.79 Å². The minimum absolute atomic E-state index is 0. The zero-order valence-corrected chi connectivity index (χ0v) is 16.5. The van der Waals surface area contributed by atoms with Gasteiger partial charge in [0.25, 0.3) is 0 Å². The second-order valence-corrected chi connectivity index (χ2v) is 6.27. The van der Waals surface area contributed by atoms with Gasteiger partial charge in [-0.15, -0.1) is 35.0 Å². The quantitative estimate of drug-likeness (QED) is 0.719. The Labute approximate surface area is 159 Å². The molecule has 0 spiro atoms. The van der Waals surface area contributed by atoms with Crippen molar-refractivity contribution >= 4 is 48.1 Å². The van der Waals surface area contributed by atoms with Gasteiger partial charge in [0.1, 0.15) is 0 Å². The van der Waals surface area contributed by atoms with E-state index in [0.717, 1.165) is 23.6 Å². The van der Waals surface area contributed by atoms with E-state index in [0.29, 0.717) is 6.54 Å². The standard InChI is InChI=1S/C15H23N5OS.2ClH/c1-11(10-16-2)15(21)17-12(7-9-22-3)14-19-18-13-6-4-5-8-20(13)14;;/h4-6,8,11-12,16H,7,9-10H2,1-3H3,(H,17,21);2*1H. The van der Waals surface area contributed by atoms with E-state index in [2.05, 4.69) is 27.1 Å². The lowest BCUT2D eigenvalue weighted by atomic mass is 10.1. The minimum Gasteiger partial charge on any atom is -0.346 e. The van der Waals surface area contributed by atoms with Crippen LogP contribution >= 0.6 is 36.6 Å². The summed E-state index contributed by atoms with van der Waals surface area (Å²) in [7, 11) is 1.85. The predicted molar refractivity (Wildman–Crippen MR) is 104 cm³/mol. The van der Waals surface area contributed by atoms with Crippen molar-refractivity contribution < 1.29 is 4.79 Å². The van der Waals surface area contributed by atoms with Crippen molar-refractivity contribution in [2.45, 2.75) is 19.4 Å². The number of carbonyl (C=O) groups excluding carboxylic acids is 1. The van der Waals surface area contributed by atoms with Gasteiger partial charge in [-0.2, -0.15) is 11.8 Å². The molecule has 0 bridgehead atoms. The Morgan fingerprint density at radius 2 is 2.08 bits per heavy atom. The number of thioether (sulfide) groups is 1. The van der Waals surface area contributed by atoms with Crippen molar-refractivity contribution in [2.24, 2.45) is 5.92 Å². The molecule has 24 heavy (non-hydrogen) atoms. The maximum Gasteiger partial charge on any atom is 0.224 e. The van der Waals surface area contributed by atoms with Gasteiger partial charge in [0.05, 0.1) is 6.04 Å². The van der Waals surface area contributed by atoms with E-state index in [1.54, 1.807) is 11.8 Å². The maximum absolute atomic E-state index is 12.3. The first-order valence-electron chi connectivity index (χ1n) is 7.41. The SMILES string of the molecule is CNCC(C)C(=O)NC(CCSC)c1nnc2ccccn12.Cl.Cl. The van der Waals surface area contributed by atoms with Gasteiger partial charge in [0, 0.05) is 18.7 Å². The number of nitrogens with one attached hydrogen (secondary N) is 2. The lowest BCUT2D eigenvalue weighted by Gasteiger charge is -2.19. The van der Waals surface area contributed by atoms with E-state index in [1.165, 1.54) is 0 Å². The molecule has 0 radical (unpaired) electrons. The van der Waals surface area contributed by atoms with Crippen molar-refractivity contribution in [3.05, 3.63) is 30.2 Å². The van der Waals surface area contributed by atoms with Crippen LogP contribution in [0.15, 0.2) is 24.4 Å². The Kier molecular flexibility index (Phi) is 11.0. The van der Waals surface area contributed by atoms with Gasteiger partial charge in [0.15, 0.2) is 11.5 Å². The first kappa shape index (κ1) is 23.0. The summed E-state index contributed by atoms with van der Waals surface area (Å²) in [6, 6.07) is 5.65. The lowest BCUT2D eigenvalue weighted by molar-refractivity contribution is -0.125. The van der Waals surface area contributed by atoms with E-state index in [9.17, 15) is 4.79 Å². The molecule has 0 saturated carbocycles. The number of aromatic nitrogens is 3. The highest BCUT2D eigenvalue weighted by atomic mass is 35.5. The highest BCUT2D eigenvalue weighted by Crippen LogP contribution is 2.18. The zero-order chi connectivity index (χ0) is 15.9. The number of pyridine rings is 1. The van der Waals surface area contributed by atoms with E-state index in [1.807, 2.05) is 42.8 Å². The summed E-state index contributed by atoms with van der Waals surface area (Å²) in [4.78, 5) is 12.3. The molecule has 2 heterocycles. The zero-order valence-electron chi connectivity index (χ0n) is 14.1. The summed E-state index contributed by atoms with van der Waals surface area (Å²) in [6.07, 6.45) is 4.82. The summed E-state index contributed by atoms with van der Waals surface area (Å²) < 4.78 is 1.94. The molecule has 2 N–H and O–H groups in total. The van der Waals surface area contributed by atoms with E-state index >= 15 is 0 Å². The number of hydrogen-bond donors (Lipinski definition) is 2. The molecule has 1 amide bonds. The molecule has 0 aliphatic heterocycles. The van der Waals surface area contributed by atoms with E-state index in [-0.39, 0.29) is 42.7 Å². The molecule has 0 saturated heterocycles. The molecule has 0 aromatic carbocycles. The van der Waals surface area contributed by atoms with Crippen LogP contribution in [0.25, 0.3) is 5.65 Å². The topological polar surface area (TPSA) is 71.3 Å². The Morgan fingerprint density at radius 3 is 2.75 bits per heavy atom. The largest absolute Gasteiger partial charge is 0.346 e. The molecule has 0 aliphatic rings. The fourth-order valence-corrected chi connectivity index (χ4v) is 2.78. The third-order valence-electron chi connectivity index (χ3n) is 3.54. The second-order valence-electron chi connectivity index (χ2n) is 5.29. The smallest absolute Gasteiger partial charge is 0.224 e. The Morgan fingerprint density at radius 1 is 1.33 bits per heavy atom. The third-order valence-corrected chi connectivity index (χ3v) is 4.18. The minimum atomic E-state index is -0.128. The molecule has 0 fully saturated rings. The van der Waals surface area contributed by atoms with Crippen molar-refractivity contribution in [1.82, 2.24) is 25.2 Å². The summed E-state index contributed by atoms with van der Waals surface area (Å²) in [6.45, 7) is 2.57. The fourth-order valence-electron chi connectivity index (χ4n) is 2.31. The van der Waals surface area contributed by atoms with Gasteiger partial charge in [-0.1, -0.05) is 13.0 Å². The summed E-state index contributed by atoms with van der Waals surface area (Å²) in [5.74, 6) is 1.69. The van der Waals surface area contributed by atoms with Gasteiger partial charge >= 0.3 is 0 Å². The average molecular weight is 394 g/mol. The number of rotatable bonds is 8. The number of amides is 1. The first-order valence-corrected chi connectivity index (χ1v) is 8.80. The molecule has 0 aliphatic carbocycles. The Hall–Kier alpha value is -1.02. The van der Waals surface area contributed by atoms with Crippen LogP contribution in [0.4, 0.5) is 0 Å². The van der Waals surface area contributed by atoms with Crippen molar-refractivity contribution in [2.75, 3.05) is 25.6 Å². The van der Waals surface area contributed by atoms with Crippen LogP contribution in [0.3, 0.4) is 0 Å². The highest BCUT2D eigenvalue weighted by Gasteiger charge is 2.22. The molecule has 2 unspecified atom stereocenters. The van der Waals surface area contributed by atoms with Crippen molar-refractivity contribution in [3.8, 4) is 0 Å². The average Bonchev–Trinajstić information content (AvgIpc) is 2.95. The number of carbonyl (C=O) groups is 1. The predicted octanol–water partition coefficient (Wildman–Crippen LogP) is 2.34. The normalized spacial score (nSPS) is 12.8. The monoisotopic (exact) mass is 393 g/mol. The summed E-state index contributed by atoms with van der Waals surface area (Å²) in [5.41, 5.74) is 0.796. The number of nitrogens with zero attached hydrogens (tertiary/aromatic N) is 3. The van der Waals surface area contributed by atoms with E-state index in [4.69, 9.17) is 0 Å². The fraction of sp³-hybridized carbons (Fsp3) is 0.533. The first-order chi connectivity index (χ1) is 10.7. The maximum atomic E-state index is 12.3. The molecule has 2 rings (SSSR count). The van der Waals surface area contributed by atoms with Crippen LogP contribution in [0.1, 0.15) is 25.2 Å². The molecular formula is C15H25Cl2N5OS. The van der Waals surface area contributed by atoms with Gasteiger partial charge in [-0.05, 0) is 37.6 Å². The second kappa shape index (κ2) is 11.5. The van der Waals surface area contributed by atoms with Gasteiger partial charge in [-0.25, -0.2) is 0 Å². The molecule has 2 atom stereocenters. The Balaban J connectivity index is 0.00000264. The Bertz CT molecular complexity index is 625. The lowest BCUT2D eigenvalue weighted by Crippen LogP contribution is -2.37. The number of halogens is 2. The van der Waals surface area contributed by atoms with Crippen LogP contribution in [0, 0.1) is 5.92 Å². The van der Waals surface area contributed by atoms with Crippen LogP contribution in [0.5, 0.6) is 0 Å². The van der Waals surface area contributed by atoms with Gasteiger partial charge in [0.2, 0.25) is 5.91 Å². The van der Waals surface area contributed by atoms with E-state index < -0.39 is 0 Å². The van der Waals surface area contributed by atoms with Gasteiger partial charge in [-0.3, -0.25) is 9.20 Å². The molecule has 136 valence electrons. The molecule has 6 nitrogen and oxygen atoms in total. The van der Waals surface area contributed by atoms with Crippen LogP contribution in [0.2, 0.25) is 0 Å². The molecular weight excluding hydrogens is 369 g/mol. The summed E-state index contributed by atoms with van der Waals surface area (Å²) >= 11 is 1.76. The molecule has 2 aromatic rings. The summed E-state index contributed by atoms with van der Waals surface area (Å²) in [5, 5.41) is 14.6. The molecule has 9 heteroatoms. The molecule has 2 aromatic heterocycles. The number of fused-ring (bicyclic) bond motifs is 1.